The molecular weight excluding hydrogens is 254 g/mol. The van der Waals surface area contributed by atoms with Gasteiger partial charge in [0, 0.05) is 11.1 Å². The highest BCUT2D eigenvalue weighted by molar-refractivity contribution is 5.89. The number of rotatable bonds is 2. The molecule has 1 atom stereocenters. The number of benzene rings is 2. The second-order valence-corrected chi connectivity index (χ2v) is 4.82. The predicted octanol–water partition coefficient (Wildman–Crippen LogP) is 3.52. The summed E-state index contributed by atoms with van der Waals surface area (Å²) in [5.41, 5.74) is 1.82. The number of fused-ring (bicyclic) bond motifs is 1. The molecule has 102 valence electrons. The predicted molar refractivity (Wildman–Crippen MR) is 76.0 cm³/mol. The number of hydrogen-bond donors (Lipinski definition) is 1. The van der Waals surface area contributed by atoms with Crippen LogP contribution in [0.1, 0.15) is 18.1 Å². The lowest BCUT2D eigenvalue weighted by atomic mass is 9.86. The fourth-order valence-electron chi connectivity index (χ4n) is 2.51. The molecule has 2 aromatic rings. The van der Waals surface area contributed by atoms with Crippen molar-refractivity contribution in [3.8, 4) is 5.75 Å². The molecule has 4 nitrogen and oxygen atoms in total. The summed E-state index contributed by atoms with van der Waals surface area (Å²) in [6.45, 7) is 1.90. The van der Waals surface area contributed by atoms with Gasteiger partial charge in [0.05, 0.1) is 12.8 Å². The molecule has 0 bridgehead atoms. The molecule has 2 aromatic carbocycles. The molecule has 4 heteroatoms. The van der Waals surface area contributed by atoms with Gasteiger partial charge in [0.15, 0.2) is 5.60 Å². The molecular formula is C16H15NO3. The van der Waals surface area contributed by atoms with Gasteiger partial charge in [-0.25, -0.2) is 4.79 Å². The third-order valence-electron chi connectivity index (χ3n) is 3.62. The van der Waals surface area contributed by atoms with Gasteiger partial charge in [-0.1, -0.05) is 30.3 Å². The summed E-state index contributed by atoms with van der Waals surface area (Å²) >= 11 is 0. The van der Waals surface area contributed by atoms with E-state index in [4.69, 9.17) is 9.47 Å². The monoisotopic (exact) mass is 269 g/mol. The Morgan fingerprint density at radius 1 is 1.10 bits per heavy atom. The van der Waals surface area contributed by atoms with Gasteiger partial charge in [0.2, 0.25) is 0 Å². The fourth-order valence-corrected chi connectivity index (χ4v) is 2.51. The van der Waals surface area contributed by atoms with E-state index in [0.717, 1.165) is 22.6 Å². The van der Waals surface area contributed by atoms with Gasteiger partial charge >= 0.3 is 6.09 Å². The van der Waals surface area contributed by atoms with E-state index in [2.05, 4.69) is 5.32 Å². The smallest absolute Gasteiger partial charge is 0.412 e. The number of methoxy groups -OCH3 is 1. The molecule has 0 saturated heterocycles. The summed E-state index contributed by atoms with van der Waals surface area (Å²) in [6, 6.07) is 15.2. The highest BCUT2D eigenvalue weighted by Crippen LogP contribution is 2.41. The summed E-state index contributed by atoms with van der Waals surface area (Å²) in [5.74, 6) is 0.769. The Morgan fingerprint density at radius 2 is 1.80 bits per heavy atom. The standard InChI is InChI=1S/C16H15NO3/c1-16(11-7-9-12(19-2)10-8-11)13-5-3-4-6-14(13)17-15(18)20-16/h3-10H,1-2H3,(H,17,18). The lowest BCUT2D eigenvalue weighted by molar-refractivity contribution is 0.0585. The van der Waals surface area contributed by atoms with Crippen molar-refractivity contribution in [1.29, 1.82) is 0 Å². The van der Waals surface area contributed by atoms with E-state index in [1.165, 1.54) is 0 Å². The number of amides is 1. The number of carbonyl (C=O) groups excluding carboxylic acids is 1. The normalized spacial score (nSPS) is 20.6. The number of para-hydroxylation sites is 1. The average molecular weight is 269 g/mol. The van der Waals surface area contributed by atoms with Gasteiger partial charge < -0.3 is 9.47 Å². The second kappa shape index (κ2) is 4.56. The fraction of sp³-hybridized carbons (Fsp3) is 0.188. The lowest BCUT2D eigenvalue weighted by Gasteiger charge is -2.36. The van der Waals surface area contributed by atoms with E-state index in [1.807, 2.05) is 55.5 Å². The summed E-state index contributed by atoms with van der Waals surface area (Å²) in [7, 11) is 1.62. The zero-order valence-electron chi connectivity index (χ0n) is 11.3. The van der Waals surface area contributed by atoms with Gasteiger partial charge in [-0.15, -0.1) is 0 Å². The van der Waals surface area contributed by atoms with Crippen LogP contribution in [0.15, 0.2) is 48.5 Å². The van der Waals surface area contributed by atoms with Gasteiger partial charge in [-0.05, 0) is 25.1 Å². The zero-order valence-corrected chi connectivity index (χ0v) is 11.3. The van der Waals surface area contributed by atoms with Crippen LogP contribution in [0.25, 0.3) is 0 Å². The Morgan fingerprint density at radius 3 is 2.50 bits per heavy atom. The van der Waals surface area contributed by atoms with Crippen molar-refractivity contribution in [3.63, 3.8) is 0 Å². The minimum atomic E-state index is -0.800. The average Bonchev–Trinajstić information content (AvgIpc) is 2.47. The molecule has 0 radical (unpaired) electrons. The summed E-state index contributed by atoms with van der Waals surface area (Å²) in [5, 5.41) is 2.72. The zero-order chi connectivity index (χ0) is 14.2. The lowest BCUT2D eigenvalue weighted by Crippen LogP contribution is -2.38. The highest BCUT2D eigenvalue weighted by Gasteiger charge is 2.39. The molecule has 3 rings (SSSR count). The van der Waals surface area contributed by atoms with Crippen molar-refractivity contribution >= 4 is 11.8 Å². The van der Waals surface area contributed by atoms with Gasteiger partial charge in [0.25, 0.3) is 0 Å². The third kappa shape index (κ3) is 1.90. The van der Waals surface area contributed by atoms with E-state index >= 15 is 0 Å². The maximum atomic E-state index is 11.8. The third-order valence-corrected chi connectivity index (χ3v) is 3.62. The number of hydrogen-bond acceptors (Lipinski definition) is 3. The van der Waals surface area contributed by atoms with Crippen molar-refractivity contribution < 1.29 is 14.3 Å². The Kier molecular flexibility index (Phi) is 2.86. The van der Waals surface area contributed by atoms with Crippen LogP contribution in [0.4, 0.5) is 10.5 Å². The van der Waals surface area contributed by atoms with Gasteiger partial charge in [0.1, 0.15) is 5.75 Å². The molecule has 0 spiro atoms. The summed E-state index contributed by atoms with van der Waals surface area (Å²) in [4.78, 5) is 11.8. The SMILES string of the molecule is COc1ccc(C2(C)OC(=O)Nc3ccccc32)cc1. The molecule has 1 aliphatic rings. The van der Waals surface area contributed by atoms with E-state index < -0.39 is 11.7 Å². The largest absolute Gasteiger partial charge is 0.497 e. The molecule has 1 amide bonds. The van der Waals surface area contributed by atoms with E-state index in [-0.39, 0.29) is 0 Å². The van der Waals surface area contributed by atoms with Crippen molar-refractivity contribution in [2.75, 3.05) is 12.4 Å². The molecule has 0 aliphatic carbocycles. The number of nitrogens with one attached hydrogen (secondary N) is 1. The Labute approximate surface area is 117 Å². The van der Waals surface area contributed by atoms with Crippen LogP contribution in [0.2, 0.25) is 0 Å². The van der Waals surface area contributed by atoms with Gasteiger partial charge in [-0.2, -0.15) is 0 Å². The van der Waals surface area contributed by atoms with E-state index in [1.54, 1.807) is 7.11 Å². The van der Waals surface area contributed by atoms with Crippen LogP contribution < -0.4 is 10.1 Å². The van der Waals surface area contributed by atoms with Crippen molar-refractivity contribution in [2.24, 2.45) is 0 Å². The molecule has 0 fully saturated rings. The maximum Gasteiger partial charge on any atom is 0.412 e. The molecule has 1 heterocycles. The quantitative estimate of drug-likeness (QED) is 0.907. The topological polar surface area (TPSA) is 47.6 Å². The minimum absolute atomic E-state index is 0.443. The molecule has 20 heavy (non-hydrogen) atoms. The van der Waals surface area contributed by atoms with Crippen molar-refractivity contribution in [3.05, 3.63) is 59.7 Å². The Balaban J connectivity index is 2.12. The first kappa shape index (κ1) is 12.5. The number of ether oxygens (including phenoxy) is 2. The van der Waals surface area contributed by atoms with Crippen LogP contribution in [-0.2, 0) is 10.3 Å². The number of carbonyl (C=O) groups is 1. The Bertz CT molecular complexity index is 651. The number of anilines is 1. The molecule has 1 N–H and O–H groups in total. The van der Waals surface area contributed by atoms with Gasteiger partial charge in [-0.3, -0.25) is 5.32 Å². The maximum absolute atomic E-state index is 11.8. The highest BCUT2D eigenvalue weighted by atomic mass is 16.6. The van der Waals surface area contributed by atoms with Crippen LogP contribution in [0, 0.1) is 0 Å². The van der Waals surface area contributed by atoms with Crippen LogP contribution in [0.5, 0.6) is 5.75 Å². The first-order valence-corrected chi connectivity index (χ1v) is 6.37. The summed E-state index contributed by atoms with van der Waals surface area (Å²) < 4.78 is 10.7. The Hall–Kier alpha value is -2.49. The molecule has 1 unspecified atom stereocenters. The van der Waals surface area contributed by atoms with E-state index in [9.17, 15) is 4.79 Å². The first-order chi connectivity index (χ1) is 9.63. The molecule has 1 aliphatic heterocycles. The minimum Gasteiger partial charge on any atom is -0.497 e. The van der Waals surface area contributed by atoms with Crippen molar-refractivity contribution in [2.45, 2.75) is 12.5 Å². The second-order valence-electron chi connectivity index (χ2n) is 4.82. The molecule has 0 aromatic heterocycles. The van der Waals surface area contributed by atoms with Crippen LogP contribution in [-0.4, -0.2) is 13.2 Å². The first-order valence-electron chi connectivity index (χ1n) is 6.37. The number of cyclic esters (lactones) is 1. The summed E-state index contributed by atoms with van der Waals surface area (Å²) in [6.07, 6.45) is -0.443. The molecule has 0 saturated carbocycles. The van der Waals surface area contributed by atoms with E-state index in [0.29, 0.717) is 0 Å². The van der Waals surface area contributed by atoms with Crippen LogP contribution >= 0.6 is 0 Å². The van der Waals surface area contributed by atoms with Crippen LogP contribution in [0.3, 0.4) is 0 Å². The van der Waals surface area contributed by atoms with Crippen molar-refractivity contribution in [1.82, 2.24) is 0 Å².